The minimum absolute atomic E-state index is 0.0666. The predicted octanol–water partition coefficient (Wildman–Crippen LogP) is 1.73. The minimum atomic E-state index is -4.21. The SMILES string of the molecule is CCC(C(N)=O)S(=O)(=O)c1cc(Cl)cc(C(=O)O)c1Cl. The first-order valence-corrected chi connectivity index (χ1v) is 7.68. The van der Waals surface area contributed by atoms with E-state index in [0.717, 1.165) is 12.1 Å². The topological polar surface area (TPSA) is 115 Å². The molecule has 9 heteroatoms. The standard InChI is InChI=1S/C11H11Cl2NO5S/c1-2-7(10(14)15)20(18,19)8-4-5(12)3-6(9(8)13)11(16)17/h3-4,7H,2H2,1H3,(H2,14,15)(H,16,17). The second-order valence-corrected chi connectivity index (χ2v) is 6.83. The highest BCUT2D eigenvalue weighted by atomic mass is 35.5. The van der Waals surface area contributed by atoms with Gasteiger partial charge >= 0.3 is 5.97 Å². The van der Waals surface area contributed by atoms with E-state index < -0.39 is 42.4 Å². The van der Waals surface area contributed by atoms with Crippen molar-refractivity contribution in [2.75, 3.05) is 0 Å². The molecule has 0 radical (unpaired) electrons. The fourth-order valence-electron chi connectivity index (χ4n) is 1.65. The molecule has 0 bridgehead atoms. The Balaban J connectivity index is 3.62. The number of primary amides is 1. The minimum Gasteiger partial charge on any atom is -0.478 e. The molecule has 0 saturated heterocycles. The molecule has 0 heterocycles. The van der Waals surface area contributed by atoms with Crippen molar-refractivity contribution in [1.82, 2.24) is 0 Å². The molecule has 3 N–H and O–H groups in total. The van der Waals surface area contributed by atoms with Gasteiger partial charge in [-0.05, 0) is 18.6 Å². The van der Waals surface area contributed by atoms with Crippen molar-refractivity contribution < 1.29 is 23.1 Å². The largest absolute Gasteiger partial charge is 0.478 e. The Morgan fingerprint density at radius 3 is 2.30 bits per heavy atom. The Hall–Kier alpha value is -1.31. The number of benzene rings is 1. The smallest absolute Gasteiger partial charge is 0.337 e. The van der Waals surface area contributed by atoms with Crippen LogP contribution in [0, 0.1) is 0 Å². The second-order valence-electron chi connectivity index (χ2n) is 3.91. The Morgan fingerprint density at radius 2 is 1.90 bits per heavy atom. The van der Waals surface area contributed by atoms with Crippen molar-refractivity contribution in [3.63, 3.8) is 0 Å². The summed E-state index contributed by atoms with van der Waals surface area (Å²) in [5.74, 6) is -2.47. The lowest BCUT2D eigenvalue weighted by atomic mass is 10.2. The number of sulfone groups is 1. The number of hydrogen-bond acceptors (Lipinski definition) is 4. The van der Waals surface area contributed by atoms with Crippen molar-refractivity contribution in [3.8, 4) is 0 Å². The number of halogens is 2. The van der Waals surface area contributed by atoms with Crippen LogP contribution in [-0.2, 0) is 14.6 Å². The molecule has 1 aromatic carbocycles. The van der Waals surface area contributed by atoms with Crippen LogP contribution in [-0.4, -0.2) is 30.7 Å². The molecule has 110 valence electrons. The second kappa shape index (κ2) is 5.99. The summed E-state index contributed by atoms with van der Waals surface area (Å²) in [7, 11) is -4.21. The molecule has 20 heavy (non-hydrogen) atoms. The number of hydrogen-bond donors (Lipinski definition) is 2. The summed E-state index contributed by atoms with van der Waals surface area (Å²) in [6, 6.07) is 2.02. The van der Waals surface area contributed by atoms with Gasteiger partial charge in [0.25, 0.3) is 0 Å². The summed E-state index contributed by atoms with van der Waals surface area (Å²) in [6.45, 7) is 1.46. The van der Waals surface area contributed by atoms with Crippen molar-refractivity contribution in [1.29, 1.82) is 0 Å². The van der Waals surface area contributed by atoms with Crippen molar-refractivity contribution >= 4 is 44.9 Å². The molecule has 0 aliphatic rings. The first-order valence-electron chi connectivity index (χ1n) is 5.38. The van der Waals surface area contributed by atoms with Crippen LogP contribution in [0.4, 0.5) is 0 Å². The van der Waals surface area contributed by atoms with Crippen LogP contribution >= 0.6 is 23.2 Å². The fourth-order valence-corrected chi connectivity index (χ4v) is 4.15. The monoisotopic (exact) mass is 339 g/mol. The number of nitrogens with two attached hydrogens (primary N) is 1. The van der Waals surface area contributed by atoms with Gasteiger partial charge in [0.15, 0.2) is 9.84 Å². The third kappa shape index (κ3) is 3.05. The van der Waals surface area contributed by atoms with E-state index in [1.807, 2.05) is 0 Å². The maximum atomic E-state index is 12.3. The van der Waals surface area contributed by atoms with Crippen molar-refractivity contribution in [2.45, 2.75) is 23.5 Å². The Bertz CT molecular complexity index is 672. The lowest BCUT2D eigenvalue weighted by Crippen LogP contribution is -2.35. The summed E-state index contributed by atoms with van der Waals surface area (Å²) in [5.41, 5.74) is 4.59. The van der Waals surface area contributed by atoms with Crippen LogP contribution in [0.5, 0.6) is 0 Å². The molecule has 0 saturated carbocycles. The summed E-state index contributed by atoms with van der Waals surface area (Å²) in [5, 5.41) is 6.84. The van der Waals surface area contributed by atoms with Crippen molar-refractivity contribution in [3.05, 3.63) is 27.7 Å². The Morgan fingerprint density at radius 1 is 1.35 bits per heavy atom. The molecule has 1 aromatic rings. The van der Waals surface area contributed by atoms with Gasteiger partial charge in [0.05, 0.1) is 15.5 Å². The van der Waals surface area contributed by atoms with Crippen molar-refractivity contribution in [2.24, 2.45) is 5.73 Å². The van der Waals surface area contributed by atoms with Crippen LogP contribution in [0.15, 0.2) is 17.0 Å². The Labute approximate surface area is 125 Å². The van der Waals surface area contributed by atoms with Crippen LogP contribution in [0.25, 0.3) is 0 Å². The molecule has 0 aromatic heterocycles. The van der Waals surface area contributed by atoms with Crippen LogP contribution in [0.1, 0.15) is 23.7 Å². The molecular weight excluding hydrogens is 329 g/mol. The van der Waals surface area contributed by atoms with Gasteiger partial charge in [-0.15, -0.1) is 0 Å². The first-order chi connectivity index (χ1) is 9.12. The fraction of sp³-hybridized carbons (Fsp3) is 0.273. The van der Waals surface area contributed by atoms with E-state index in [1.165, 1.54) is 6.92 Å². The quantitative estimate of drug-likeness (QED) is 0.847. The number of carboxylic acid groups (broad SMARTS) is 1. The lowest BCUT2D eigenvalue weighted by Gasteiger charge is -2.15. The van der Waals surface area contributed by atoms with Crippen LogP contribution in [0.3, 0.4) is 0 Å². The number of carboxylic acids is 1. The molecular formula is C11H11Cl2NO5S. The average molecular weight is 340 g/mol. The lowest BCUT2D eigenvalue weighted by molar-refractivity contribution is -0.117. The van der Waals surface area contributed by atoms with Gasteiger partial charge < -0.3 is 10.8 Å². The van der Waals surface area contributed by atoms with E-state index in [1.54, 1.807) is 0 Å². The van der Waals surface area contributed by atoms with E-state index in [0.29, 0.717) is 0 Å². The summed E-state index contributed by atoms with van der Waals surface area (Å²) < 4.78 is 24.6. The van der Waals surface area contributed by atoms with Gasteiger partial charge in [-0.1, -0.05) is 30.1 Å². The maximum absolute atomic E-state index is 12.3. The summed E-state index contributed by atoms with van der Waals surface area (Å²) in [4.78, 5) is 21.7. The molecule has 0 fully saturated rings. The van der Waals surface area contributed by atoms with E-state index in [9.17, 15) is 18.0 Å². The number of amides is 1. The number of rotatable bonds is 5. The zero-order chi connectivity index (χ0) is 15.7. The zero-order valence-electron chi connectivity index (χ0n) is 10.3. The van der Waals surface area contributed by atoms with Gasteiger partial charge in [-0.3, -0.25) is 4.79 Å². The third-order valence-electron chi connectivity index (χ3n) is 2.60. The van der Waals surface area contributed by atoms with E-state index in [-0.39, 0.29) is 11.4 Å². The van der Waals surface area contributed by atoms with Gasteiger partial charge in [-0.25, -0.2) is 13.2 Å². The van der Waals surface area contributed by atoms with Gasteiger partial charge in [0.2, 0.25) is 5.91 Å². The van der Waals surface area contributed by atoms with Gasteiger partial charge in [0.1, 0.15) is 5.25 Å². The number of aromatic carboxylic acids is 1. The van der Waals surface area contributed by atoms with E-state index in [2.05, 4.69) is 0 Å². The van der Waals surface area contributed by atoms with Crippen LogP contribution in [0.2, 0.25) is 10.0 Å². The molecule has 1 unspecified atom stereocenters. The highest BCUT2D eigenvalue weighted by Gasteiger charge is 2.34. The highest BCUT2D eigenvalue weighted by molar-refractivity contribution is 7.93. The molecule has 6 nitrogen and oxygen atoms in total. The molecule has 0 spiro atoms. The molecule has 1 atom stereocenters. The molecule has 0 aliphatic heterocycles. The number of carbonyl (C=O) groups is 2. The summed E-state index contributed by atoms with van der Waals surface area (Å²) in [6.07, 6.45) is -0.0666. The normalized spacial score (nSPS) is 12.9. The number of carbonyl (C=O) groups excluding carboxylic acids is 1. The molecule has 1 rings (SSSR count). The van der Waals surface area contributed by atoms with E-state index in [4.69, 9.17) is 34.0 Å². The van der Waals surface area contributed by atoms with Gasteiger partial charge in [-0.2, -0.15) is 0 Å². The zero-order valence-corrected chi connectivity index (χ0v) is 12.6. The van der Waals surface area contributed by atoms with Gasteiger partial charge in [0, 0.05) is 5.02 Å². The highest BCUT2D eigenvalue weighted by Crippen LogP contribution is 2.32. The average Bonchev–Trinajstić information content (AvgIpc) is 2.31. The predicted molar refractivity (Wildman–Crippen MR) is 73.9 cm³/mol. The first kappa shape index (κ1) is 16.7. The Kier molecular flexibility index (Phi) is 5.01. The third-order valence-corrected chi connectivity index (χ3v) is 5.59. The molecule has 1 amide bonds. The molecule has 0 aliphatic carbocycles. The maximum Gasteiger partial charge on any atom is 0.337 e. The van der Waals surface area contributed by atoms with E-state index >= 15 is 0 Å². The van der Waals surface area contributed by atoms with Crippen LogP contribution < -0.4 is 5.73 Å². The summed E-state index contributed by atoms with van der Waals surface area (Å²) >= 11 is 11.5.